The summed E-state index contributed by atoms with van der Waals surface area (Å²) in [6.45, 7) is 2.36. The molecule has 0 bridgehead atoms. The molecule has 2 aromatic carbocycles. The minimum atomic E-state index is -0.850. The van der Waals surface area contributed by atoms with Crippen LogP contribution in [0.2, 0.25) is 0 Å². The van der Waals surface area contributed by atoms with Crippen molar-refractivity contribution >= 4 is 0 Å². The van der Waals surface area contributed by atoms with Crippen molar-refractivity contribution in [3.8, 4) is 16.9 Å². The lowest BCUT2D eigenvalue weighted by Gasteiger charge is -2.19. The zero-order valence-corrected chi connectivity index (χ0v) is 15.8. The van der Waals surface area contributed by atoms with Crippen molar-refractivity contribution in [1.29, 1.82) is 0 Å². The van der Waals surface area contributed by atoms with Crippen LogP contribution in [0.4, 0.5) is 8.78 Å². The lowest BCUT2D eigenvalue weighted by atomic mass is 10.0. The predicted molar refractivity (Wildman–Crippen MR) is 103 cm³/mol. The van der Waals surface area contributed by atoms with Gasteiger partial charge in [-0.2, -0.15) is 5.10 Å². The molecule has 2 N–H and O–H groups in total. The van der Waals surface area contributed by atoms with E-state index in [4.69, 9.17) is 5.11 Å². The van der Waals surface area contributed by atoms with Crippen LogP contribution in [-0.4, -0.2) is 51.2 Å². The van der Waals surface area contributed by atoms with Gasteiger partial charge in [0.1, 0.15) is 11.5 Å². The number of aryl methyl sites for hydroxylation is 1. The van der Waals surface area contributed by atoms with Crippen LogP contribution in [0.1, 0.15) is 11.1 Å². The lowest BCUT2D eigenvalue weighted by molar-refractivity contribution is 0.0648. The lowest BCUT2D eigenvalue weighted by Crippen LogP contribution is -2.31. The Morgan fingerprint density at radius 3 is 2.61 bits per heavy atom. The van der Waals surface area contributed by atoms with Crippen LogP contribution >= 0.6 is 0 Å². The molecule has 1 aromatic heterocycles. The summed E-state index contributed by atoms with van der Waals surface area (Å²) in [5.74, 6) is -1.35. The standard InChI is InChI=1S/C21H23F2N3O2/c1-14-5-3-4-6-18(14)21-15(10-25(2)12-17(28)13-27)11-26(24-21)20-8-7-16(22)9-19(20)23/h3-9,11,17,27-28H,10,12-13H2,1-2H3/t17-/m0/s1. The van der Waals surface area contributed by atoms with Crippen LogP contribution in [0, 0.1) is 18.6 Å². The summed E-state index contributed by atoms with van der Waals surface area (Å²) in [6.07, 6.45) is 0.858. The second-order valence-corrected chi connectivity index (χ2v) is 6.89. The highest BCUT2D eigenvalue weighted by Gasteiger charge is 2.18. The van der Waals surface area contributed by atoms with Gasteiger partial charge < -0.3 is 10.2 Å². The molecule has 0 radical (unpaired) electrons. The Hall–Kier alpha value is -2.61. The van der Waals surface area contributed by atoms with Crippen LogP contribution in [0.25, 0.3) is 16.9 Å². The Balaban J connectivity index is 2.03. The van der Waals surface area contributed by atoms with E-state index in [-0.39, 0.29) is 18.8 Å². The smallest absolute Gasteiger partial charge is 0.151 e. The Kier molecular flexibility index (Phi) is 6.18. The summed E-state index contributed by atoms with van der Waals surface area (Å²) in [5, 5.41) is 23.3. The average molecular weight is 387 g/mol. The predicted octanol–water partition coefficient (Wildman–Crippen LogP) is 2.91. The quantitative estimate of drug-likeness (QED) is 0.655. The van der Waals surface area contributed by atoms with Crippen molar-refractivity contribution in [3.63, 3.8) is 0 Å². The van der Waals surface area contributed by atoms with Crippen LogP contribution in [0.15, 0.2) is 48.7 Å². The molecule has 148 valence electrons. The molecule has 3 rings (SSSR count). The van der Waals surface area contributed by atoms with Crippen LogP contribution in [-0.2, 0) is 6.54 Å². The van der Waals surface area contributed by atoms with Crippen molar-refractivity contribution in [3.05, 3.63) is 71.4 Å². The molecule has 28 heavy (non-hydrogen) atoms. The third-order valence-electron chi connectivity index (χ3n) is 4.52. The van der Waals surface area contributed by atoms with Crippen LogP contribution < -0.4 is 0 Å². The molecule has 1 atom stereocenters. The normalized spacial score (nSPS) is 12.5. The molecule has 1 heterocycles. The van der Waals surface area contributed by atoms with Gasteiger partial charge in [0.25, 0.3) is 0 Å². The van der Waals surface area contributed by atoms with E-state index in [0.29, 0.717) is 12.2 Å². The molecule has 0 unspecified atom stereocenters. The molecule has 7 heteroatoms. The Morgan fingerprint density at radius 1 is 1.18 bits per heavy atom. The summed E-state index contributed by atoms with van der Waals surface area (Å²) in [5.41, 5.74) is 3.60. The van der Waals surface area contributed by atoms with E-state index in [9.17, 15) is 13.9 Å². The van der Waals surface area contributed by atoms with Gasteiger partial charge in [-0.05, 0) is 31.7 Å². The van der Waals surface area contributed by atoms with E-state index in [2.05, 4.69) is 5.10 Å². The molecule has 0 saturated heterocycles. The van der Waals surface area contributed by atoms with Crippen molar-refractivity contribution in [1.82, 2.24) is 14.7 Å². The number of hydrogen-bond donors (Lipinski definition) is 2. The molecule has 5 nitrogen and oxygen atoms in total. The van der Waals surface area contributed by atoms with Crippen LogP contribution in [0.3, 0.4) is 0 Å². The van der Waals surface area contributed by atoms with E-state index in [1.165, 1.54) is 16.8 Å². The number of nitrogens with zero attached hydrogens (tertiary/aromatic N) is 3. The number of rotatable bonds is 7. The minimum Gasteiger partial charge on any atom is -0.394 e. The number of hydrogen-bond acceptors (Lipinski definition) is 4. The number of halogens is 2. The molecule has 0 spiro atoms. The largest absolute Gasteiger partial charge is 0.394 e. The van der Waals surface area contributed by atoms with E-state index in [0.717, 1.165) is 22.8 Å². The zero-order valence-electron chi connectivity index (χ0n) is 15.8. The van der Waals surface area contributed by atoms with Gasteiger partial charge in [0.15, 0.2) is 5.82 Å². The number of aliphatic hydroxyl groups is 2. The SMILES string of the molecule is Cc1ccccc1-c1nn(-c2ccc(F)cc2F)cc1CN(C)C[C@H](O)CO. The molecule has 0 aliphatic carbocycles. The monoisotopic (exact) mass is 387 g/mol. The number of aliphatic hydroxyl groups excluding tert-OH is 2. The maximum atomic E-state index is 14.3. The first kappa shape index (κ1) is 20.1. The van der Waals surface area contributed by atoms with Gasteiger partial charge in [-0.25, -0.2) is 13.5 Å². The van der Waals surface area contributed by atoms with Gasteiger partial charge in [0, 0.05) is 36.5 Å². The van der Waals surface area contributed by atoms with Gasteiger partial charge in [-0.3, -0.25) is 4.90 Å². The second-order valence-electron chi connectivity index (χ2n) is 6.89. The van der Waals surface area contributed by atoms with Crippen molar-refractivity contribution in [2.24, 2.45) is 0 Å². The average Bonchev–Trinajstić information content (AvgIpc) is 3.04. The topological polar surface area (TPSA) is 61.5 Å². The minimum absolute atomic E-state index is 0.153. The maximum Gasteiger partial charge on any atom is 0.151 e. The van der Waals surface area contributed by atoms with Crippen LogP contribution in [0.5, 0.6) is 0 Å². The Morgan fingerprint density at radius 2 is 1.93 bits per heavy atom. The fourth-order valence-electron chi connectivity index (χ4n) is 3.15. The number of likely N-dealkylation sites (N-methyl/N-ethyl adjacent to an activating group) is 1. The van der Waals surface area contributed by atoms with Crippen molar-refractivity contribution < 1.29 is 19.0 Å². The van der Waals surface area contributed by atoms with E-state index in [1.807, 2.05) is 43.1 Å². The first-order valence-corrected chi connectivity index (χ1v) is 8.96. The first-order valence-electron chi connectivity index (χ1n) is 8.96. The van der Waals surface area contributed by atoms with Gasteiger partial charge in [-0.15, -0.1) is 0 Å². The Bertz CT molecular complexity index is 959. The van der Waals surface area contributed by atoms with Gasteiger partial charge in [-0.1, -0.05) is 24.3 Å². The highest BCUT2D eigenvalue weighted by atomic mass is 19.1. The van der Waals surface area contributed by atoms with Crippen molar-refractivity contribution in [2.75, 3.05) is 20.2 Å². The van der Waals surface area contributed by atoms with E-state index < -0.39 is 17.7 Å². The maximum absolute atomic E-state index is 14.3. The van der Waals surface area contributed by atoms with E-state index in [1.54, 1.807) is 6.20 Å². The third kappa shape index (κ3) is 4.44. The number of benzene rings is 2. The molecule has 0 amide bonds. The first-order chi connectivity index (χ1) is 13.4. The molecule has 0 fully saturated rings. The summed E-state index contributed by atoms with van der Waals surface area (Å²) in [4.78, 5) is 1.85. The fraction of sp³-hybridized carbons (Fsp3) is 0.286. The molecular formula is C21H23F2N3O2. The summed E-state index contributed by atoms with van der Waals surface area (Å²) < 4.78 is 28.9. The molecule has 0 aliphatic rings. The van der Waals surface area contributed by atoms with Crippen molar-refractivity contribution in [2.45, 2.75) is 19.6 Å². The van der Waals surface area contributed by atoms with Gasteiger partial charge in [0.05, 0.1) is 18.4 Å². The number of aromatic nitrogens is 2. The molecular weight excluding hydrogens is 364 g/mol. The fourth-order valence-corrected chi connectivity index (χ4v) is 3.15. The molecule has 0 saturated carbocycles. The van der Waals surface area contributed by atoms with E-state index >= 15 is 0 Å². The summed E-state index contributed by atoms with van der Waals surface area (Å²) >= 11 is 0. The summed E-state index contributed by atoms with van der Waals surface area (Å²) in [6, 6.07) is 11.1. The van der Waals surface area contributed by atoms with Gasteiger partial charge >= 0.3 is 0 Å². The zero-order chi connectivity index (χ0) is 20.3. The highest BCUT2D eigenvalue weighted by Crippen LogP contribution is 2.28. The molecule has 0 aliphatic heterocycles. The Labute approximate surface area is 162 Å². The summed E-state index contributed by atoms with van der Waals surface area (Å²) in [7, 11) is 1.82. The second kappa shape index (κ2) is 8.60. The third-order valence-corrected chi connectivity index (χ3v) is 4.52. The molecule has 3 aromatic rings. The highest BCUT2D eigenvalue weighted by molar-refractivity contribution is 5.66. The van der Waals surface area contributed by atoms with Gasteiger partial charge in [0.2, 0.25) is 0 Å².